The second kappa shape index (κ2) is 15.8. The molecule has 0 amide bonds. The van der Waals surface area contributed by atoms with Gasteiger partial charge in [-0.05, 0) is 0 Å². The van der Waals surface area contributed by atoms with Crippen LogP contribution in [0.4, 0.5) is 0 Å². The molecule has 0 aliphatic carbocycles. The van der Waals surface area contributed by atoms with Crippen molar-refractivity contribution in [1.82, 2.24) is 0 Å². The molecule has 0 spiro atoms. The molecule has 0 aliphatic rings. The second-order valence-electron chi connectivity index (χ2n) is 0.598. The van der Waals surface area contributed by atoms with Gasteiger partial charge in [-0.2, -0.15) is 0 Å². The number of rotatable bonds is 1. The molecule has 8 heavy (non-hydrogen) atoms. The molecular weight excluding hydrogens is 129 g/mol. The largest absolute Gasteiger partial charge is 0.480 e. The lowest BCUT2D eigenvalue weighted by Gasteiger charge is -1.73. The summed E-state index contributed by atoms with van der Waals surface area (Å²) in [6.07, 6.45) is 0. The molecule has 5 nitrogen and oxygen atoms in total. The maximum Gasteiger partial charge on any atom is 0.317 e. The van der Waals surface area contributed by atoms with Gasteiger partial charge in [-0.3, -0.25) is 4.79 Å². The van der Waals surface area contributed by atoms with Crippen molar-refractivity contribution < 1.29 is 20.9 Å². The Balaban J connectivity index is -0.0000000267. The van der Waals surface area contributed by atoms with Crippen molar-refractivity contribution in [2.24, 2.45) is 5.73 Å². The highest BCUT2D eigenvalue weighted by Crippen LogP contribution is 1.43. The van der Waals surface area contributed by atoms with Crippen LogP contribution >= 0.6 is 0 Å². The van der Waals surface area contributed by atoms with E-state index in [1.54, 1.807) is 0 Å². The van der Waals surface area contributed by atoms with Gasteiger partial charge in [-0.1, -0.05) is 0 Å². The van der Waals surface area contributed by atoms with Crippen molar-refractivity contribution >= 4 is 23.3 Å². The maximum absolute atomic E-state index is 9.24. The molecular formula is C2H10AlNO4. The third-order valence-corrected chi connectivity index (χ3v) is 0.175. The van der Waals surface area contributed by atoms with Crippen LogP contribution in [0.25, 0.3) is 0 Å². The van der Waals surface area contributed by atoms with Crippen LogP contribution in [0.15, 0.2) is 0 Å². The van der Waals surface area contributed by atoms with Gasteiger partial charge in [0.2, 0.25) is 0 Å². The van der Waals surface area contributed by atoms with Gasteiger partial charge in [-0.15, -0.1) is 0 Å². The molecule has 2 radical (unpaired) electrons. The van der Waals surface area contributed by atoms with E-state index in [9.17, 15) is 4.79 Å². The standard InChI is InChI=1S/C2H5NO2.Al.2H2O.H/c3-1-2(4)5;;;;/h1,3H2,(H,4,5);;2*1H2;. The van der Waals surface area contributed by atoms with Gasteiger partial charge >= 0.3 is 5.97 Å². The molecule has 0 bridgehead atoms. The number of nitrogens with two attached hydrogens (primary N) is 1. The summed E-state index contributed by atoms with van der Waals surface area (Å²) in [7, 11) is 0. The Kier molecular flexibility index (Phi) is 48.9. The summed E-state index contributed by atoms with van der Waals surface area (Å²) in [4.78, 5) is 9.24. The Morgan fingerprint density at radius 1 is 1.50 bits per heavy atom. The Morgan fingerprint density at radius 3 is 1.62 bits per heavy atom. The molecule has 0 aromatic heterocycles. The number of carboxylic acids is 1. The highest BCUT2D eigenvalue weighted by Gasteiger charge is 1.81. The predicted octanol–water partition coefficient (Wildman–Crippen LogP) is -3.27. The molecule has 50 valence electrons. The predicted molar refractivity (Wildman–Crippen MR) is 31.1 cm³/mol. The molecule has 0 fully saturated rings. The topological polar surface area (TPSA) is 126 Å². The zero-order valence-corrected chi connectivity index (χ0v) is 5.76. The van der Waals surface area contributed by atoms with Crippen LogP contribution in [0.1, 0.15) is 0 Å². The molecule has 0 aromatic carbocycles. The first-order valence-electron chi connectivity index (χ1n) is 1.19. The van der Waals surface area contributed by atoms with E-state index >= 15 is 0 Å². The van der Waals surface area contributed by atoms with E-state index in [0.29, 0.717) is 0 Å². The zero-order chi connectivity index (χ0) is 4.28. The van der Waals surface area contributed by atoms with Gasteiger partial charge in [-0.25, -0.2) is 0 Å². The Bertz CT molecular complexity index is 49.3. The van der Waals surface area contributed by atoms with Crippen LogP contribution in [-0.2, 0) is 4.79 Å². The minimum absolute atomic E-state index is 0. The van der Waals surface area contributed by atoms with Crippen molar-refractivity contribution in [3.8, 4) is 0 Å². The quantitative estimate of drug-likeness (QED) is 0.370. The summed E-state index contributed by atoms with van der Waals surface area (Å²) in [5.74, 6) is -0.968. The van der Waals surface area contributed by atoms with Crippen molar-refractivity contribution in [2.75, 3.05) is 6.54 Å². The van der Waals surface area contributed by atoms with Gasteiger partial charge in [0.1, 0.15) is 0 Å². The summed E-state index contributed by atoms with van der Waals surface area (Å²) < 4.78 is 0. The molecule has 0 atom stereocenters. The first kappa shape index (κ1) is 24.8. The number of hydrogen-bond donors (Lipinski definition) is 2. The van der Waals surface area contributed by atoms with Crippen molar-refractivity contribution in [1.29, 1.82) is 0 Å². The summed E-state index contributed by atoms with van der Waals surface area (Å²) in [6, 6.07) is 0. The van der Waals surface area contributed by atoms with Gasteiger partial charge < -0.3 is 21.8 Å². The maximum atomic E-state index is 9.24. The minimum Gasteiger partial charge on any atom is -0.480 e. The fourth-order valence-electron chi connectivity index (χ4n) is 0. The molecule has 0 aromatic rings. The highest BCUT2D eigenvalue weighted by molar-refractivity contribution is 5.75. The minimum atomic E-state index is -0.968. The normalized spacial score (nSPS) is 4.62. The van der Waals surface area contributed by atoms with Crippen LogP contribution in [0.3, 0.4) is 0 Å². The van der Waals surface area contributed by atoms with Gasteiger partial charge in [0.15, 0.2) is 0 Å². The van der Waals surface area contributed by atoms with E-state index in [1.807, 2.05) is 0 Å². The molecule has 7 N–H and O–H groups in total. The number of carboxylic acid groups (broad SMARTS) is 1. The van der Waals surface area contributed by atoms with E-state index in [4.69, 9.17) is 5.11 Å². The van der Waals surface area contributed by atoms with Crippen LogP contribution in [-0.4, -0.2) is 45.9 Å². The summed E-state index contributed by atoms with van der Waals surface area (Å²) in [5, 5.41) is 7.60. The third kappa shape index (κ3) is 39.6. The van der Waals surface area contributed by atoms with Crippen LogP contribution in [0.5, 0.6) is 0 Å². The van der Waals surface area contributed by atoms with Crippen LogP contribution < -0.4 is 5.73 Å². The molecule has 0 rings (SSSR count). The van der Waals surface area contributed by atoms with E-state index in [2.05, 4.69) is 5.73 Å². The molecule has 0 saturated carbocycles. The van der Waals surface area contributed by atoms with Crippen molar-refractivity contribution in [3.05, 3.63) is 0 Å². The first-order chi connectivity index (χ1) is 2.27. The Morgan fingerprint density at radius 2 is 1.62 bits per heavy atom. The lowest BCUT2D eigenvalue weighted by Crippen LogP contribution is -2.10. The van der Waals surface area contributed by atoms with Crippen LogP contribution in [0, 0.1) is 0 Å². The number of hydrogen-bond acceptors (Lipinski definition) is 2. The molecule has 6 heteroatoms. The summed E-state index contributed by atoms with van der Waals surface area (Å²) >= 11 is 0. The van der Waals surface area contributed by atoms with Crippen LogP contribution in [0.2, 0.25) is 0 Å². The van der Waals surface area contributed by atoms with E-state index in [1.165, 1.54) is 0 Å². The highest BCUT2D eigenvalue weighted by atomic mass is 27.0. The second-order valence-corrected chi connectivity index (χ2v) is 0.598. The number of aliphatic carboxylic acids is 1. The molecule has 0 heterocycles. The fraction of sp³-hybridized carbons (Fsp3) is 0.500. The average Bonchev–Trinajstić information content (AvgIpc) is 1.38. The fourth-order valence-corrected chi connectivity index (χ4v) is 0. The van der Waals surface area contributed by atoms with Crippen molar-refractivity contribution in [2.45, 2.75) is 0 Å². The molecule has 0 saturated heterocycles. The SMILES string of the molecule is NCC(=O)O.O.O.[AlH]. The Hall–Kier alpha value is -0.118. The lowest BCUT2D eigenvalue weighted by atomic mass is 10.7. The van der Waals surface area contributed by atoms with Gasteiger partial charge in [0, 0.05) is 0 Å². The monoisotopic (exact) mass is 139 g/mol. The molecule has 0 aliphatic heterocycles. The van der Waals surface area contributed by atoms with E-state index < -0.39 is 5.97 Å². The average molecular weight is 139 g/mol. The third-order valence-electron chi connectivity index (χ3n) is 0.175. The Labute approximate surface area is 57.2 Å². The summed E-state index contributed by atoms with van der Waals surface area (Å²) in [5.41, 5.74) is 4.57. The van der Waals surface area contributed by atoms with Gasteiger partial charge in [0.25, 0.3) is 0 Å². The molecule has 0 unspecified atom stereocenters. The van der Waals surface area contributed by atoms with Crippen molar-refractivity contribution in [3.63, 3.8) is 0 Å². The number of carbonyl (C=O) groups is 1. The van der Waals surface area contributed by atoms with E-state index in [0.717, 1.165) is 0 Å². The lowest BCUT2D eigenvalue weighted by molar-refractivity contribution is -0.135. The van der Waals surface area contributed by atoms with E-state index in [-0.39, 0.29) is 34.9 Å². The van der Waals surface area contributed by atoms with Gasteiger partial charge in [0.05, 0.1) is 23.9 Å². The smallest absolute Gasteiger partial charge is 0.317 e. The summed E-state index contributed by atoms with van der Waals surface area (Å²) in [6.45, 7) is -0.278. The zero-order valence-electron chi connectivity index (χ0n) is 4.35. The first-order valence-corrected chi connectivity index (χ1v) is 1.19.